The van der Waals surface area contributed by atoms with Gasteiger partial charge in [0.2, 0.25) is 5.95 Å². The predicted molar refractivity (Wildman–Crippen MR) is 82.6 cm³/mol. The van der Waals surface area contributed by atoms with Gasteiger partial charge in [-0.15, -0.1) is 0 Å². The molecular formula is C15H20N4O2. The molecule has 1 atom stereocenters. The number of aliphatic hydroxyl groups is 1. The molecule has 6 nitrogen and oxygen atoms in total. The van der Waals surface area contributed by atoms with Crippen molar-refractivity contribution in [3.63, 3.8) is 0 Å². The van der Waals surface area contributed by atoms with Gasteiger partial charge >= 0.3 is 0 Å². The highest BCUT2D eigenvalue weighted by molar-refractivity contribution is 5.89. The molecule has 21 heavy (non-hydrogen) atoms. The van der Waals surface area contributed by atoms with Crippen LogP contribution < -0.4 is 10.6 Å². The number of hydrogen-bond acceptors (Lipinski definition) is 6. The van der Waals surface area contributed by atoms with Crippen molar-refractivity contribution in [1.29, 1.82) is 0 Å². The zero-order valence-corrected chi connectivity index (χ0v) is 11.9. The topological polar surface area (TPSA) is 79.3 Å². The van der Waals surface area contributed by atoms with Crippen LogP contribution >= 0.6 is 0 Å². The van der Waals surface area contributed by atoms with Crippen LogP contribution in [0.15, 0.2) is 24.3 Å². The fraction of sp³-hybridized carbons (Fsp3) is 0.467. The van der Waals surface area contributed by atoms with E-state index in [4.69, 9.17) is 9.84 Å². The van der Waals surface area contributed by atoms with Gasteiger partial charge in [-0.3, -0.25) is 0 Å². The van der Waals surface area contributed by atoms with Crippen LogP contribution in [-0.4, -0.2) is 47.5 Å². The van der Waals surface area contributed by atoms with Crippen molar-refractivity contribution >= 4 is 22.7 Å². The molecule has 1 saturated heterocycles. The Bertz CT molecular complexity index is 599. The maximum absolute atomic E-state index is 8.98. The van der Waals surface area contributed by atoms with Gasteiger partial charge in [0.05, 0.1) is 18.2 Å². The molecule has 6 heteroatoms. The number of aliphatic hydroxyl groups excluding tert-OH is 1. The van der Waals surface area contributed by atoms with Gasteiger partial charge in [0, 0.05) is 25.1 Å². The monoisotopic (exact) mass is 288 g/mol. The summed E-state index contributed by atoms with van der Waals surface area (Å²) in [7, 11) is 0. The molecule has 0 radical (unpaired) electrons. The lowest BCUT2D eigenvalue weighted by Crippen LogP contribution is -2.20. The first-order chi connectivity index (χ1) is 10.4. The number of hydrogen-bond donors (Lipinski definition) is 3. The van der Waals surface area contributed by atoms with Crippen molar-refractivity contribution in [2.75, 3.05) is 36.9 Å². The third-order valence-electron chi connectivity index (χ3n) is 3.52. The van der Waals surface area contributed by atoms with Crippen LogP contribution in [0.3, 0.4) is 0 Å². The molecule has 0 bridgehead atoms. The lowest BCUT2D eigenvalue weighted by atomic mass is 10.2. The van der Waals surface area contributed by atoms with Crippen LogP contribution in [0.25, 0.3) is 10.9 Å². The van der Waals surface area contributed by atoms with Crippen LogP contribution in [0, 0.1) is 0 Å². The summed E-state index contributed by atoms with van der Waals surface area (Å²) in [6, 6.07) is 7.83. The summed E-state index contributed by atoms with van der Waals surface area (Å²) in [5, 5.41) is 16.3. The Labute approximate surface area is 123 Å². The average molecular weight is 288 g/mol. The Hall–Kier alpha value is -1.92. The molecule has 2 aromatic rings. The maximum Gasteiger partial charge on any atom is 0.225 e. The SMILES string of the molecule is OCCNc1nc(NC[C@H]2CCCO2)nc2ccccc12. The molecule has 0 spiro atoms. The molecule has 1 aromatic carbocycles. The second-order valence-corrected chi connectivity index (χ2v) is 5.08. The zero-order valence-electron chi connectivity index (χ0n) is 11.9. The lowest BCUT2D eigenvalue weighted by molar-refractivity contribution is 0.120. The molecule has 1 aliphatic rings. The number of para-hydroxylation sites is 1. The van der Waals surface area contributed by atoms with Crippen LogP contribution in [0.2, 0.25) is 0 Å². The Kier molecular flexibility index (Phi) is 4.47. The Morgan fingerprint density at radius 2 is 2.14 bits per heavy atom. The number of anilines is 2. The first-order valence-corrected chi connectivity index (χ1v) is 7.34. The number of nitrogens with zero attached hydrogens (tertiary/aromatic N) is 2. The van der Waals surface area contributed by atoms with Gasteiger partial charge in [-0.2, -0.15) is 4.98 Å². The normalized spacial score (nSPS) is 18.0. The van der Waals surface area contributed by atoms with Gasteiger partial charge in [-0.05, 0) is 25.0 Å². The summed E-state index contributed by atoms with van der Waals surface area (Å²) >= 11 is 0. The minimum atomic E-state index is 0.0665. The number of rotatable bonds is 6. The summed E-state index contributed by atoms with van der Waals surface area (Å²) in [5.74, 6) is 1.33. The van der Waals surface area contributed by atoms with E-state index in [9.17, 15) is 0 Å². The predicted octanol–water partition coefficient (Wildman–Crippen LogP) is 1.62. The number of ether oxygens (including phenoxy) is 1. The molecule has 1 aliphatic heterocycles. The minimum Gasteiger partial charge on any atom is -0.395 e. The lowest BCUT2D eigenvalue weighted by Gasteiger charge is -2.13. The summed E-state index contributed by atoms with van der Waals surface area (Å²) in [6.07, 6.45) is 2.44. The molecule has 0 amide bonds. The first-order valence-electron chi connectivity index (χ1n) is 7.34. The van der Waals surface area contributed by atoms with Crippen LogP contribution in [0.5, 0.6) is 0 Å². The summed E-state index contributed by atoms with van der Waals surface area (Å²) in [4.78, 5) is 9.02. The number of aromatic nitrogens is 2. The average Bonchev–Trinajstić information content (AvgIpc) is 3.04. The van der Waals surface area contributed by atoms with Crippen molar-refractivity contribution < 1.29 is 9.84 Å². The fourth-order valence-electron chi connectivity index (χ4n) is 2.48. The number of nitrogens with one attached hydrogen (secondary N) is 2. The standard InChI is InChI=1S/C15H20N4O2/c20-8-7-16-14-12-5-1-2-6-13(12)18-15(19-14)17-10-11-4-3-9-21-11/h1-2,5-6,11,20H,3-4,7-10H2,(H2,16,17,18,19)/t11-/m1/s1. The minimum absolute atomic E-state index is 0.0665. The van der Waals surface area contributed by atoms with E-state index >= 15 is 0 Å². The highest BCUT2D eigenvalue weighted by Crippen LogP contribution is 2.22. The van der Waals surface area contributed by atoms with Crippen LogP contribution in [-0.2, 0) is 4.74 Å². The second kappa shape index (κ2) is 6.69. The highest BCUT2D eigenvalue weighted by Gasteiger charge is 2.16. The zero-order chi connectivity index (χ0) is 14.5. The van der Waals surface area contributed by atoms with Gasteiger partial charge < -0.3 is 20.5 Å². The third-order valence-corrected chi connectivity index (χ3v) is 3.52. The summed E-state index contributed by atoms with van der Waals surface area (Å²) in [6.45, 7) is 2.09. The van der Waals surface area contributed by atoms with Crippen molar-refractivity contribution in [3.8, 4) is 0 Å². The summed E-state index contributed by atoms with van der Waals surface area (Å²) < 4.78 is 5.59. The molecule has 3 N–H and O–H groups in total. The largest absolute Gasteiger partial charge is 0.395 e. The molecule has 0 unspecified atom stereocenters. The molecule has 0 aliphatic carbocycles. The molecule has 3 rings (SSSR count). The van der Waals surface area contributed by atoms with Gasteiger partial charge in [0.25, 0.3) is 0 Å². The number of fused-ring (bicyclic) bond motifs is 1. The van der Waals surface area contributed by atoms with Crippen LogP contribution in [0.1, 0.15) is 12.8 Å². The van der Waals surface area contributed by atoms with Crippen molar-refractivity contribution in [3.05, 3.63) is 24.3 Å². The van der Waals surface area contributed by atoms with E-state index < -0.39 is 0 Å². The smallest absolute Gasteiger partial charge is 0.225 e. The van der Waals surface area contributed by atoms with Crippen molar-refractivity contribution in [2.45, 2.75) is 18.9 Å². The molecule has 2 heterocycles. The van der Waals surface area contributed by atoms with E-state index in [0.29, 0.717) is 12.5 Å². The quantitative estimate of drug-likeness (QED) is 0.749. The van der Waals surface area contributed by atoms with Gasteiger partial charge in [-0.25, -0.2) is 4.98 Å². The van der Waals surface area contributed by atoms with E-state index in [-0.39, 0.29) is 12.7 Å². The van der Waals surface area contributed by atoms with Gasteiger partial charge in [0.1, 0.15) is 5.82 Å². The van der Waals surface area contributed by atoms with E-state index in [1.165, 1.54) is 0 Å². The third kappa shape index (κ3) is 3.40. The molecule has 112 valence electrons. The summed E-state index contributed by atoms with van der Waals surface area (Å²) in [5.41, 5.74) is 0.878. The van der Waals surface area contributed by atoms with E-state index in [0.717, 1.165) is 42.7 Å². The second-order valence-electron chi connectivity index (χ2n) is 5.08. The van der Waals surface area contributed by atoms with Crippen molar-refractivity contribution in [2.24, 2.45) is 0 Å². The molecule has 0 saturated carbocycles. The fourth-order valence-corrected chi connectivity index (χ4v) is 2.48. The molecule has 1 aromatic heterocycles. The van der Waals surface area contributed by atoms with E-state index in [1.807, 2.05) is 24.3 Å². The highest BCUT2D eigenvalue weighted by atomic mass is 16.5. The van der Waals surface area contributed by atoms with E-state index in [1.54, 1.807) is 0 Å². The Balaban J connectivity index is 1.80. The first kappa shape index (κ1) is 14.0. The van der Waals surface area contributed by atoms with E-state index in [2.05, 4.69) is 20.6 Å². The Morgan fingerprint density at radius 3 is 2.95 bits per heavy atom. The Morgan fingerprint density at radius 1 is 1.24 bits per heavy atom. The molecule has 1 fully saturated rings. The number of benzene rings is 1. The van der Waals surface area contributed by atoms with Gasteiger partial charge in [-0.1, -0.05) is 12.1 Å². The molecular weight excluding hydrogens is 268 g/mol. The van der Waals surface area contributed by atoms with Gasteiger partial charge in [0.15, 0.2) is 0 Å². The van der Waals surface area contributed by atoms with Crippen molar-refractivity contribution in [1.82, 2.24) is 9.97 Å². The maximum atomic E-state index is 8.98. The van der Waals surface area contributed by atoms with Crippen LogP contribution in [0.4, 0.5) is 11.8 Å².